The van der Waals surface area contributed by atoms with Gasteiger partial charge in [0.1, 0.15) is 11.5 Å². The summed E-state index contributed by atoms with van der Waals surface area (Å²) in [4.78, 5) is 12.7. The summed E-state index contributed by atoms with van der Waals surface area (Å²) in [6.07, 6.45) is 3.66. The van der Waals surface area contributed by atoms with Gasteiger partial charge in [0.15, 0.2) is 5.16 Å². The van der Waals surface area contributed by atoms with Crippen molar-refractivity contribution in [1.82, 2.24) is 24.6 Å². The molecule has 0 aliphatic heterocycles. The van der Waals surface area contributed by atoms with Crippen molar-refractivity contribution in [3.8, 4) is 0 Å². The van der Waals surface area contributed by atoms with E-state index in [0.29, 0.717) is 12.5 Å². The maximum absolute atomic E-state index is 12.7. The van der Waals surface area contributed by atoms with Gasteiger partial charge >= 0.3 is 0 Å². The smallest absolute Gasteiger partial charge is 0.267 e. The van der Waals surface area contributed by atoms with Gasteiger partial charge in [0.2, 0.25) is 0 Å². The number of nitrogens with one attached hydrogen (secondary N) is 1. The van der Waals surface area contributed by atoms with Crippen LogP contribution in [0.1, 0.15) is 43.5 Å². The van der Waals surface area contributed by atoms with Gasteiger partial charge in [-0.3, -0.25) is 4.79 Å². The highest BCUT2D eigenvalue weighted by molar-refractivity contribution is 7.98. The second-order valence-corrected chi connectivity index (χ2v) is 8.07. The number of amides is 1. The van der Waals surface area contributed by atoms with Crippen LogP contribution in [-0.2, 0) is 19.5 Å². The molecule has 2 heterocycles. The van der Waals surface area contributed by atoms with Crippen molar-refractivity contribution in [3.63, 3.8) is 0 Å². The number of fused-ring (bicyclic) bond motifs is 1. The third-order valence-electron chi connectivity index (χ3n) is 4.75. The number of thioether (sulfide) groups is 1. The van der Waals surface area contributed by atoms with E-state index in [2.05, 4.69) is 51.5 Å². The van der Waals surface area contributed by atoms with Gasteiger partial charge in [-0.1, -0.05) is 43.8 Å². The third-order valence-corrected chi connectivity index (χ3v) is 5.41. The van der Waals surface area contributed by atoms with Crippen molar-refractivity contribution in [2.45, 2.75) is 51.9 Å². The summed E-state index contributed by atoms with van der Waals surface area (Å²) in [5.41, 5.74) is 1.82. The molecule has 7 heteroatoms. The molecule has 2 aromatic heterocycles. The highest BCUT2D eigenvalue weighted by atomic mass is 32.2. The van der Waals surface area contributed by atoms with E-state index in [1.807, 2.05) is 30.5 Å². The Labute approximate surface area is 170 Å². The molecule has 1 amide bonds. The van der Waals surface area contributed by atoms with Crippen molar-refractivity contribution in [2.24, 2.45) is 5.92 Å². The van der Waals surface area contributed by atoms with Gasteiger partial charge in [0.25, 0.3) is 5.91 Å². The van der Waals surface area contributed by atoms with Crippen LogP contribution in [-0.4, -0.2) is 38.0 Å². The van der Waals surface area contributed by atoms with Crippen LogP contribution in [0.4, 0.5) is 0 Å². The summed E-state index contributed by atoms with van der Waals surface area (Å²) in [5, 5.41) is 13.7. The fourth-order valence-corrected chi connectivity index (χ4v) is 4.00. The lowest BCUT2D eigenvalue weighted by molar-refractivity contribution is 0.0944. The molecular formula is C21H29N5OS. The Balaban J connectivity index is 1.60. The molecular weight excluding hydrogens is 370 g/mol. The lowest BCUT2D eigenvalue weighted by Gasteiger charge is -2.12. The number of hydrogen-bond acceptors (Lipinski definition) is 4. The molecule has 0 aliphatic carbocycles. The molecule has 0 fully saturated rings. The van der Waals surface area contributed by atoms with Gasteiger partial charge in [0, 0.05) is 37.0 Å². The quantitative estimate of drug-likeness (QED) is 0.436. The zero-order valence-corrected chi connectivity index (χ0v) is 17.9. The largest absolute Gasteiger partial charge is 0.351 e. The van der Waals surface area contributed by atoms with Crippen LogP contribution >= 0.6 is 11.8 Å². The van der Waals surface area contributed by atoms with Crippen molar-refractivity contribution in [3.05, 3.63) is 41.9 Å². The van der Waals surface area contributed by atoms with Gasteiger partial charge in [-0.05, 0) is 37.7 Å². The fourth-order valence-electron chi connectivity index (χ4n) is 3.48. The molecule has 6 nitrogen and oxygen atoms in total. The molecule has 0 saturated heterocycles. The van der Waals surface area contributed by atoms with E-state index >= 15 is 0 Å². The predicted octanol–water partition coefficient (Wildman–Crippen LogP) is 3.99. The fraction of sp³-hybridized carbons (Fsp3) is 0.476. The van der Waals surface area contributed by atoms with Gasteiger partial charge in [-0.15, -0.1) is 10.2 Å². The van der Waals surface area contributed by atoms with E-state index < -0.39 is 0 Å². The second kappa shape index (κ2) is 9.28. The van der Waals surface area contributed by atoms with Crippen LogP contribution in [0.5, 0.6) is 0 Å². The molecule has 3 rings (SSSR count). The maximum atomic E-state index is 12.7. The molecule has 0 unspecified atom stereocenters. The summed E-state index contributed by atoms with van der Waals surface area (Å²) < 4.78 is 4.26. The van der Waals surface area contributed by atoms with Crippen molar-refractivity contribution >= 4 is 28.6 Å². The number of aromatic nitrogens is 4. The molecule has 1 aromatic carbocycles. The number of hydrogen-bond donors (Lipinski definition) is 1. The summed E-state index contributed by atoms with van der Waals surface area (Å²) in [5.74, 6) is 1.51. The number of carbonyl (C=O) groups excluding carboxylic acids is 1. The van der Waals surface area contributed by atoms with Gasteiger partial charge in [-0.25, -0.2) is 0 Å². The molecule has 150 valence electrons. The second-order valence-electron chi connectivity index (χ2n) is 7.30. The molecule has 0 spiro atoms. The van der Waals surface area contributed by atoms with Gasteiger partial charge in [-0.2, -0.15) is 0 Å². The van der Waals surface area contributed by atoms with Crippen LogP contribution in [0.25, 0.3) is 10.9 Å². The van der Waals surface area contributed by atoms with Crippen molar-refractivity contribution in [1.29, 1.82) is 0 Å². The predicted molar refractivity (Wildman–Crippen MR) is 115 cm³/mol. The summed E-state index contributed by atoms with van der Waals surface area (Å²) >= 11 is 1.62. The van der Waals surface area contributed by atoms with Gasteiger partial charge < -0.3 is 14.5 Å². The first kappa shape index (κ1) is 20.5. The topological polar surface area (TPSA) is 64.7 Å². The van der Waals surface area contributed by atoms with E-state index in [1.165, 1.54) is 0 Å². The van der Waals surface area contributed by atoms with Crippen molar-refractivity contribution in [2.75, 3.05) is 12.8 Å². The van der Waals surface area contributed by atoms with E-state index in [0.717, 1.165) is 53.5 Å². The summed E-state index contributed by atoms with van der Waals surface area (Å²) in [6, 6.07) is 10.1. The number of nitrogens with zero attached hydrogens (tertiary/aromatic N) is 4. The average Bonchev–Trinajstić information content (AvgIpc) is 3.25. The number of para-hydroxylation sites is 1. The standard InChI is InChI=1S/C21H29N5OS/c1-5-25-17-10-7-6-9-16(17)13-18(25)20(27)22-12-8-11-19-23-24-21(28-4)26(19)14-15(2)3/h6-7,9-10,13,15H,5,8,11-12,14H2,1-4H3,(H,22,27). The Morgan fingerprint density at radius 1 is 1.21 bits per heavy atom. The Morgan fingerprint density at radius 2 is 2.00 bits per heavy atom. The number of aryl methyl sites for hydroxylation is 2. The molecule has 3 aromatic rings. The monoisotopic (exact) mass is 399 g/mol. The normalized spacial score (nSPS) is 11.5. The highest BCUT2D eigenvalue weighted by Gasteiger charge is 2.15. The molecule has 1 N–H and O–H groups in total. The van der Waals surface area contributed by atoms with Crippen LogP contribution in [0, 0.1) is 5.92 Å². The summed E-state index contributed by atoms with van der Waals surface area (Å²) in [6.45, 7) is 8.76. The Morgan fingerprint density at radius 3 is 2.71 bits per heavy atom. The molecule has 0 saturated carbocycles. The zero-order valence-electron chi connectivity index (χ0n) is 17.1. The Hall–Kier alpha value is -2.28. The maximum Gasteiger partial charge on any atom is 0.267 e. The van der Waals surface area contributed by atoms with E-state index in [-0.39, 0.29) is 5.91 Å². The van der Waals surface area contributed by atoms with E-state index in [1.54, 1.807) is 11.8 Å². The van der Waals surface area contributed by atoms with E-state index in [4.69, 9.17) is 0 Å². The van der Waals surface area contributed by atoms with Crippen LogP contribution in [0.15, 0.2) is 35.5 Å². The number of benzene rings is 1. The average molecular weight is 400 g/mol. The first-order valence-electron chi connectivity index (χ1n) is 9.87. The Kier molecular flexibility index (Phi) is 6.78. The van der Waals surface area contributed by atoms with Crippen molar-refractivity contribution < 1.29 is 4.79 Å². The molecule has 0 bridgehead atoms. The molecule has 0 radical (unpaired) electrons. The lowest BCUT2D eigenvalue weighted by atomic mass is 10.2. The minimum atomic E-state index is -0.0218. The van der Waals surface area contributed by atoms with E-state index in [9.17, 15) is 4.79 Å². The summed E-state index contributed by atoms with van der Waals surface area (Å²) in [7, 11) is 0. The highest BCUT2D eigenvalue weighted by Crippen LogP contribution is 2.20. The lowest BCUT2D eigenvalue weighted by Crippen LogP contribution is -2.27. The minimum Gasteiger partial charge on any atom is -0.351 e. The first-order valence-corrected chi connectivity index (χ1v) is 11.1. The number of carbonyl (C=O) groups is 1. The molecule has 0 aliphatic rings. The first-order chi connectivity index (χ1) is 13.5. The molecule has 28 heavy (non-hydrogen) atoms. The Bertz CT molecular complexity index is 944. The number of rotatable bonds is 9. The van der Waals surface area contributed by atoms with Gasteiger partial charge in [0.05, 0.1) is 0 Å². The van der Waals surface area contributed by atoms with Crippen LogP contribution < -0.4 is 5.32 Å². The SMILES string of the molecule is CCn1c(C(=O)NCCCc2nnc(SC)n2CC(C)C)cc2ccccc21. The third kappa shape index (κ3) is 4.41. The van der Waals surface area contributed by atoms with Crippen LogP contribution in [0.2, 0.25) is 0 Å². The zero-order chi connectivity index (χ0) is 20.1. The molecule has 0 atom stereocenters. The van der Waals surface area contributed by atoms with Crippen LogP contribution in [0.3, 0.4) is 0 Å². The minimum absolute atomic E-state index is 0.0218.